The first kappa shape index (κ1) is 24.5. The zero-order valence-corrected chi connectivity index (χ0v) is 20.0. The predicted molar refractivity (Wildman–Crippen MR) is 131 cm³/mol. The van der Waals surface area contributed by atoms with Crippen molar-refractivity contribution in [1.82, 2.24) is 9.55 Å². The number of hydrogen-bond donors (Lipinski definition) is 1. The normalized spacial score (nSPS) is 12.0. The number of aliphatic hydroxyl groups excluding tert-OH is 1. The molecule has 1 aromatic heterocycles. The van der Waals surface area contributed by atoms with Crippen LogP contribution in [0.2, 0.25) is 0 Å². The summed E-state index contributed by atoms with van der Waals surface area (Å²) in [5, 5.41) is 10.8. The summed E-state index contributed by atoms with van der Waals surface area (Å²) in [7, 11) is 4.67. The van der Waals surface area contributed by atoms with Crippen LogP contribution in [0.25, 0.3) is 11.0 Å². The summed E-state index contributed by atoms with van der Waals surface area (Å²) < 4.78 is 37.2. The highest BCUT2D eigenvalue weighted by Gasteiger charge is 2.16. The molecular formula is C27H29FN2O5. The van der Waals surface area contributed by atoms with Gasteiger partial charge in [0.05, 0.1) is 58.2 Å². The highest BCUT2D eigenvalue weighted by atomic mass is 19.1. The molecule has 8 heteroatoms. The van der Waals surface area contributed by atoms with Crippen molar-refractivity contribution in [1.29, 1.82) is 0 Å². The van der Waals surface area contributed by atoms with Gasteiger partial charge in [-0.3, -0.25) is 0 Å². The van der Waals surface area contributed by atoms with Gasteiger partial charge in [-0.25, -0.2) is 9.37 Å². The summed E-state index contributed by atoms with van der Waals surface area (Å²) in [5.41, 5.74) is 3.54. The first-order chi connectivity index (χ1) is 17.0. The maximum Gasteiger partial charge on any atom is 0.203 e. The van der Waals surface area contributed by atoms with Crippen LogP contribution in [0.1, 0.15) is 17.0 Å². The van der Waals surface area contributed by atoms with E-state index in [4.69, 9.17) is 23.9 Å². The van der Waals surface area contributed by atoms with E-state index < -0.39 is 6.10 Å². The Kier molecular flexibility index (Phi) is 7.84. The molecule has 0 saturated carbocycles. The first-order valence-corrected chi connectivity index (χ1v) is 11.3. The summed E-state index contributed by atoms with van der Waals surface area (Å²) in [4.78, 5) is 4.74. The number of halogens is 1. The van der Waals surface area contributed by atoms with Crippen LogP contribution in [-0.2, 0) is 24.3 Å². The molecule has 0 saturated heterocycles. The number of rotatable bonds is 11. The number of imidazole rings is 1. The van der Waals surface area contributed by atoms with Gasteiger partial charge in [0.2, 0.25) is 5.75 Å². The van der Waals surface area contributed by atoms with E-state index >= 15 is 0 Å². The highest BCUT2D eigenvalue weighted by Crippen LogP contribution is 2.38. The average molecular weight is 481 g/mol. The average Bonchev–Trinajstić information content (AvgIpc) is 3.21. The van der Waals surface area contributed by atoms with Gasteiger partial charge in [0.15, 0.2) is 11.5 Å². The van der Waals surface area contributed by atoms with Gasteiger partial charge < -0.3 is 28.6 Å². The van der Waals surface area contributed by atoms with E-state index in [2.05, 4.69) is 0 Å². The lowest BCUT2D eigenvalue weighted by molar-refractivity contribution is 0.0204. The van der Waals surface area contributed by atoms with Gasteiger partial charge in [-0.15, -0.1) is 0 Å². The Labute approximate surface area is 203 Å². The van der Waals surface area contributed by atoms with Crippen molar-refractivity contribution in [3.63, 3.8) is 0 Å². The van der Waals surface area contributed by atoms with Crippen molar-refractivity contribution in [2.45, 2.75) is 25.7 Å². The Balaban J connectivity index is 1.45. The molecule has 0 fully saturated rings. The lowest BCUT2D eigenvalue weighted by Gasteiger charge is -2.17. The minimum Gasteiger partial charge on any atom is -0.493 e. The van der Waals surface area contributed by atoms with Gasteiger partial charge in [0.1, 0.15) is 11.6 Å². The number of para-hydroxylation sites is 2. The number of nitrogens with zero attached hydrogens (tertiary/aromatic N) is 2. The van der Waals surface area contributed by atoms with Gasteiger partial charge in [0, 0.05) is 6.42 Å². The smallest absolute Gasteiger partial charge is 0.203 e. The van der Waals surface area contributed by atoms with Gasteiger partial charge in [-0.2, -0.15) is 0 Å². The SMILES string of the molecule is COc1cc(COCC(O)Cn2c(Cc3ccc(F)cc3)nc3ccccc32)cc(OC)c1OC. The van der Waals surface area contributed by atoms with Crippen LogP contribution in [0.4, 0.5) is 4.39 Å². The fourth-order valence-corrected chi connectivity index (χ4v) is 4.04. The van der Waals surface area contributed by atoms with E-state index in [1.165, 1.54) is 12.1 Å². The topological polar surface area (TPSA) is 75.0 Å². The molecule has 0 radical (unpaired) electrons. The second kappa shape index (κ2) is 11.2. The lowest BCUT2D eigenvalue weighted by atomic mass is 10.1. The van der Waals surface area contributed by atoms with Gasteiger partial charge in [-0.05, 0) is 47.5 Å². The number of aromatic nitrogens is 2. The van der Waals surface area contributed by atoms with Gasteiger partial charge >= 0.3 is 0 Å². The molecule has 0 amide bonds. The minimum absolute atomic E-state index is 0.124. The van der Waals surface area contributed by atoms with Crippen molar-refractivity contribution in [3.05, 3.63) is 83.4 Å². The molecule has 1 atom stereocenters. The van der Waals surface area contributed by atoms with Gasteiger partial charge in [0.25, 0.3) is 0 Å². The Morgan fingerprint density at radius 3 is 2.26 bits per heavy atom. The number of fused-ring (bicyclic) bond motifs is 1. The third-order valence-electron chi connectivity index (χ3n) is 5.71. The predicted octanol–water partition coefficient (Wildman–Crippen LogP) is 4.37. The second-order valence-corrected chi connectivity index (χ2v) is 8.13. The zero-order chi connectivity index (χ0) is 24.8. The molecule has 1 heterocycles. The number of ether oxygens (including phenoxy) is 4. The maximum absolute atomic E-state index is 13.3. The Morgan fingerprint density at radius 1 is 0.914 bits per heavy atom. The summed E-state index contributed by atoms with van der Waals surface area (Å²) >= 11 is 0. The molecule has 4 rings (SSSR count). The maximum atomic E-state index is 13.3. The number of aliphatic hydroxyl groups is 1. The number of benzene rings is 3. The molecule has 1 unspecified atom stereocenters. The van der Waals surface area contributed by atoms with Crippen molar-refractivity contribution >= 4 is 11.0 Å². The van der Waals surface area contributed by atoms with Crippen LogP contribution in [0.3, 0.4) is 0 Å². The summed E-state index contributed by atoms with van der Waals surface area (Å²) in [6, 6.07) is 17.8. The third-order valence-corrected chi connectivity index (χ3v) is 5.71. The van der Waals surface area contributed by atoms with Crippen molar-refractivity contribution < 1.29 is 28.4 Å². The highest BCUT2D eigenvalue weighted by molar-refractivity contribution is 5.76. The standard InChI is InChI=1S/C27H29FN2O5/c1-32-24-12-19(13-25(33-2)27(24)34-3)16-35-17-21(31)15-30-23-7-5-4-6-22(23)29-26(30)14-18-8-10-20(28)11-9-18/h4-13,21,31H,14-17H2,1-3H3. The van der Waals surface area contributed by atoms with Crippen LogP contribution in [0.5, 0.6) is 17.2 Å². The number of methoxy groups -OCH3 is 3. The molecule has 0 spiro atoms. The van der Waals surface area contributed by atoms with Crippen molar-refractivity contribution in [3.8, 4) is 17.2 Å². The van der Waals surface area contributed by atoms with E-state index in [0.29, 0.717) is 30.2 Å². The van der Waals surface area contributed by atoms with Crippen LogP contribution in [-0.4, -0.2) is 48.7 Å². The third kappa shape index (κ3) is 5.72. The lowest BCUT2D eigenvalue weighted by Crippen LogP contribution is -2.23. The quantitative estimate of drug-likeness (QED) is 0.344. The molecule has 7 nitrogen and oxygen atoms in total. The molecule has 3 aromatic carbocycles. The monoisotopic (exact) mass is 480 g/mol. The van der Waals surface area contributed by atoms with E-state index in [1.54, 1.807) is 33.5 Å². The largest absolute Gasteiger partial charge is 0.493 e. The molecule has 4 aromatic rings. The van der Waals surface area contributed by atoms with Gasteiger partial charge in [-0.1, -0.05) is 24.3 Å². The fourth-order valence-electron chi connectivity index (χ4n) is 4.04. The molecule has 0 aliphatic carbocycles. The van der Waals surface area contributed by atoms with E-state index in [9.17, 15) is 9.50 Å². The Morgan fingerprint density at radius 2 is 1.60 bits per heavy atom. The fraction of sp³-hybridized carbons (Fsp3) is 0.296. The molecule has 0 aliphatic heterocycles. The molecular weight excluding hydrogens is 451 g/mol. The number of hydrogen-bond acceptors (Lipinski definition) is 6. The van der Waals surface area contributed by atoms with Crippen molar-refractivity contribution in [2.75, 3.05) is 27.9 Å². The first-order valence-electron chi connectivity index (χ1n) is 11.3. The zero-order valence-electron chi connectivity index (χ0n) is 20.0. The van der Waals surface area contributed by atoms with Crippen LogP contribution in [0, 0.1) is 5.82 Å². The van der Waals surface area contributed by atoms with Crippen LogP contribution >= 0.6 is 0 Å². The summed E-state index contributed by atoms with van der Waals surface area (Å²) in [5.74, 6) is 2.12. The van der Waals surface area contributed by atoms with Crippen LogP contribution in [0.15, 0.2) is 60.7 Å². The second-order valence-electron chi connectivity index (χ2n) is 8.13. The Hall–Kier alpha value is -3.62. The molecule has 0 bridgehead atoms. The van der Waals surface area contributed by atoms with E-state index in [0.717, 1.165) is 28.0 Å². The van der Waals surface area contributed by atoms with Crippen molar-refractivity contribution in [2.24, 2.45) is 0 Å². The van der Waals surface area contributed by atoms with E-state index in [1.807, 2.05) is 41.0 Å². The summed E-state index contributed by atoms with van der Waals surface area (Å²) in [6.45, 7) is 0.701. The minimum atomic E-state index is -0.762. The summed E-state index contributed by atoms with van der Waals surface area (Å²) in [6.07, 6.45) is -0.241. The molecule has 35 heavy (non-hydrogen) atoms. The van der Waals surface area contributed by atoms with Crippen LogP contribution < -0.4 is 14.2 Å². The van der Waals surface area contributed by atoms with E-state index in [-0.39, 0.29) is 19.0 Å². The molecule has 184 valence electrons. The molecule has 1 N–H and O–H groups in total. The molecule has 0 aliphatic rings. The Bertz CT molecular complexity index is 1250.